The molecule has 1 saturated carbocycles. The molecule has 0 spiro atoms. The van der Waals surface area contributed by atoms with Crippen LogP contribution < -0.4 is 5.32 Å². The monoisotopic (exact) mass is 285 g/mol. The molecule has 1 nitrogen and oxygen atoms in total. The van der Waals surface area contributed by atoms with Crippen molar-refractivity contribution in [2.45, 2.75) is 50.6 Å². The van der Waals surface area contributed by atoms with Crippen molar-refractivity contribution in [3.63, 3.8) is 0 Å². The van der Waals surface area contributed by atoms with E-state index in [1.807, 2.05) is 11.3 Å². The lowest BCUT2D eigenvalue weighted by molar-refractivity contribution is 0.291. The van der Waals surface area contributed by atoms with Crippen LogP contribution in [-0.2, 0) is 6.42 Å². The summed E-state index contributed by atoms with van der Waals surface area (Å²) in [5.74, 6) is 0. The lowest BCUT2D eigenvalue weighted by Crippen LogP contribution is -2.38. The van der Waals surface area contributed by atoms with Crippen LogP contribution in [0.5, 0.6) is 0 Å². The minimum Gasteiger partial charge on any atom is -0.307 e. The third kappa shape index (κ3) is 2.02. The maximum atomic E-state index is 3.81. The van der Waals surface area contributed by atoms with Gasteiger partial charge in [-0.1, -0.05) is 6.42 Å². The van der Waals surface area contributed by atoms with E-state index < -0.39 is 0 Å². The van der Waals surface area contributed by atoms with Crippen LogP contribution in [0.4, 0.5) is 0 Å². The van der Waals surface area contributed by atoms with E-state index >= 15 is 0 Å². The van der Waals surface area contributed by atoms with Crippen molar-refractivity contribution in [3.05, 3.63) is 20.3 Å². The molecule has 0 amide bonds. The molecule has 1 atom stereocenters. The Kier molecular flexibility index (Phi) is 2.88. The molecule has 0 bridgehead atoms. The molecule has 3 rings (SSSR count). The minimum absolute atomic E-state index is 0.640. The molecule has 2 aliphatic carbocycles. The van der Waals surface area contributed by atoms with Crippen molar-refractivity contribution in [1.29, 1.82) is 0 Å². The van der Waals surface area contributed by atoms with Crippen LogP contribution in [0.2, 0.25) is 0 Å². The van der Waals surface area contributed by atoms with Gasteiger partial charge in [-0.25, -0.2) is 0 Å². The van der Waals surface area contributed by atoms with Crippen LogP contribution in [0, 0.1) is 0 Å². The molecule has 15 heavy (non-hydrogen) atoms. The van der Waals surface area contributed by atoms with Crippen LogP contribution in [0.25, 0.3) is 0 Å². The summed E-state index contributed by atoms with van der Waals surface area (Å²) in [6.07, 6.45) is 8.16. The summed E-state index contributed by atoms with van der Waals surface area (Å²) < 4.78 is 1.30. The first kappa shape index (κ1) is 10.3. The van der Waals surface area contributed by atoms with Gasteiger partial charge >= 0.3 is 0 Å². The highest BCUT2D eigenvalue weighted by Gasteiger charge is 2.26. The summed E-state index contributed by atoms with van der Waals surface area (Å²) in [6, 6.07) is 3.77. The van der Waals surface area contributed by atoms with Crippen LogP contribution in [0.15, 0.2) is 9.85 Å². The van der Waals surface area contributed by atoms with E-state index in [2.05, 4.69) is 27.3 Å². The molecule has 1 aromatic heterocycles. The minimum atomic E-state index is 0.640. The second kappa shape index (κ2) is 4.19. The first-order chi connectivity index (χ1) is 7.33. The molecule has 1 aromatic rings. The first-order valence-corrected chi connectivity index (χ1v) is 7.48. The highest BCUT2D eigenvalue weighted by atomic mass is 79.9. The third-order valence-electron chi connectivity index (χ3n) is 3.63. The van der Waals surface area contributed by atoms with Crippen molar-refractivity contribution in [1.82, 2.24) is 5.32 Å². The largest absolute Gasteiger partial charge is 0.307 e. The van der Waals surface area contributed by atoms with Crippen molar-refractivity contribution < 1.29 is 0 Å². The molecule has 0 aliphatic heterocycles. The first-order valence-electron chi connectivity index (χ1n) is 5.87. The Morgan fingerprint density at radius 1 is 1.27 bits per heavy atom. The number of nitrogens with one attached hydrogen (secondary N) is 1. The number of thiophene rings is 1. The molecule has 1 fully saturated rings. The molecule has 82 valence electrons. The standard InChI is InChI=1S/C12H16BrNS/c13-12-7-9-10(14-8-3-1-4-8)5-2-6-11(9)15-12/h7-8,10,14H,1-6H2. The summed E-state index contributed by atoms with van der Waals surface area (Å²) in [5.41, 5.74) is 1.57. The average molecular weight is 286 g/mol. The lowest BCUT2D eigenvalue weighted by atomic mass is 9.88. The summed E-state index contributed by atoms with van der Waals surface area (Å²) in [4.78, 5) is 1.60. The van der Waals surface area contributed by atoms with E-state index in [9.17, 15) is 0 Å². The Labute approximate surface area is 103 Å². The van der Waals surface area contributed by atoms with Crippen LogP contribution in [0.1, 0.15) is 48.6 Å². The van der Waals surface area contributed by atoms with Crippen molar-refractivity contribution in [3.8, 4) is 0 Å². The maximum Gasteiger partial charge on any atom is 0.0704 e. The molecule has 0 saturated heterocycles. The Balaban J connectivity index is 1.78. The van der Waals surface area contributed by atoms with Gasteiger partial charge in [-0.3, -0.25) is 0 Å². The van der Waals surface area contributed by atoms with Crippen LogP contribution in [-0.4, -0.2) is 6.04 Å². The molecule has 1 N–H and O–H groups in total. The summed E-state index contributed by atoms with van der Waals surface area (Å²) >= 11 is 5.53. The number of hydrogen-bond donors (Lipinski definition) is 1. The van der Waals surface area contributed by atoms with Crippen molar-refractivity contribution in [2.75, 3.05) is 0 Å². The fraction of sp³-hybridized carbons (Fsp3) is 0.667. The summed E-state index contributed by atoms with van der Waals surface area (Å²) in [6.45, 7) is 0. The highest BCUT2D eigenvalue weighted by Crippen LogP contribution is 2.39. The van der Waals surface area contributed by atoms with Gasteiger partial charge in [-0.2, -0.15) is 0 Å². The predicted molar refractivity (Wildman–Crippen MR) is 68.5 cm³/mol. The molecule has 1 heterocycles. The molecular formula is C12H16BrNS. The molecule has 2 aliphatic rings. The smallest absolute Gasteiger partial charge is 0.0704 e. The Morgan fingerprint density at radius 2 is 2.13 bits per heavy atom. The number of fused-ring (bicyclic) bond motifs is 1. The molecule has 3 heteroatoms. The quantitative estimate of drug-likeness (QED) is 0.865. The zero-order valence-electron chi connectivity index (χ0n) is 8.76. The molecule has 0 aromatic carbocycles. The number of aryl methyl sites for hydroxylation is 1. The number of rotatable bonds is 2. The van der Waals surface area contributed by atoms with E-state index in [0.717, 1.165) is 6.04 Å². The van der Waals surface area contributed by atoms with E-state index in [1.54, 1.807) is 10.4 Å². The summed E-state index contributed by atoms with van der Waals surface area (Å²) in [5, 5.41) is 3.81. The van der Waals surface area contributed by atoms with Crippen molar-refractivity contribution in [2.24, 2.45) is 0 Å². The Bertz CT molecular complexity index is 357. The topological polar surface area (TPSA) is 12.0 Å². The number of hydrogen-bond acceptors (Lipinski definition) is 2. The van der Waals surface area contributed by atoms with Gasteiger partial charge in [0.2, 0.25) is 0 Å². The van der Waals surface area contributed by atoms with Gasteiger partial charge in [0.05, 0.1) is 3.79 Å². The Morgan fingerprint density at radius 3 is 2.87 bits per heavy atom. The van der Waals surface area contributed by atoms with E-state index in [1.165, 1.54) is 42.3 Å². The molecular weight excluding hydrogens is 270 g/mol. The van der Waals surface area contributed by atoms with Gasteiger partial charge < -0.3 is 5.32 Å². The van der Waals surface area contributed by atoms with Gasteiger partial charge in [0.25, 0.3) is 0 Å². The zero-order valence-corrected chi connectivity index (χ0v) is 11.2. The number of halogens is 1. The summed E-state index contributed by atoms with van der Waals surface area (Å²) in [7, 11) is 0. The van der Waals surface area contributed by atoms with Gasteiger partial charge in [-0.05, 0) is 59.7 Å². The maximum absolute atomic E-state index is 3.81. The third-order valence-corrected chi connectivity index (χ3v) is 5.34. The van der Waals surface area contributed by atoms with Crippen LogP contribution >= 0.6 is 27.3 Å². The van der Waals surface area contributed by atoms with Gasteiger partial charge in [0.1, 0.15) is 0 Å². The fourth-order valence-corrected chi connectivity index (χ4v) is 4.37. The lowest BCUT2D eigenvalue weighted by Gasteiger charge is -2.33. The molecule has 0 radical (unpaired) electrons. The van der Waals surface area contributed by atoms with Crippen molar-refractivity contribution >= 4 is 27.3 Å². The Hall–Kier alpha value is 0.140. The normalized spacial score (nSPS) is 26.1. The fourth-order valence-electron chi connectivity index (χ4n) is 2.55. The highest BCUT2D eigenvalue weighted by molar-refractivity contribution is 9.11. The van der Waals surface area contributed by atoms with Gasteiger partial charge in [0, 0.05) is 17.0 Å². The van der Waals surface area contributed by atoms with E-state index in [-0.39, 0.29) is 0 Å². The second-order valence-corrected chi connectivity index (χ2v) is 7.18. The zero-order chi connectivity index (χ0) is 10.3. The van der Waals surface area contributed by atoms with E-state index in [0.29, 0.717) is 6.04 Å². The van der Waals surface area contributed by atoms with Crippen LogP contribution in [0.3, 0.4) is 0 Å². The van der Waals surface area contributed by atoms with E-state index in [4.69, 9.17) is 0 Å². The SMILES string of the molecule is Brc1cc2c(s1)CCCC2NC1CCC1. The van der Waals surface area contributed by atoms with Gasteiger partial charge in [-0.15, -0.1) is 11.3 Å². The van der Waals surface area contributed by atoms with Gasteiger partial charge in [0.15, 0.2) is 0 Å². The second-order valence-electron chi connectivity index (χ2n) is 4.67. The average Bonchev–Trinajstić information content (AvgIpc) is 2.52. The predicted octanol–water partition coefficient (Wildman–Crippen LogP) is 4.03. The molecule has 1 unspecified atom stereocenters.